The van der Waals surface area contributed by atoms with E-state index < -0.39 is 0 Å². The monoisotopic (exact) mass is 255 g/mol. The molecule has 0 aliphatic carbocycles. The van der Waals surface area contributed by atoms with Crippen molar-refractivity contribution in [1.82, 2.24) is 5.32 Å². The molecule has 1 rings (SSSR count). The average molecular weight is 255 g/mol. The van der Waals surface area contributed by atoms with E-state index in [0.717, 1.165) is 18.5 Å². The number of halogens is 1. The summed E-state index contributed by atoms with van der Waals surface area (Å²) in [5.74, 6) is 0.326. The summed E-state index contributed by atoms with van der Waals surface area (Å²) in [4.78, 5) is 0. The molecule has 0 aliphatic rings. The molecule has 2 N–H and O–H groups in total. The van der Waals surface area contributed by atoms with Gasteiger partial charge in [0.05, 0.1) is 7.11 Å². The van der Waals surface area contributed by atoms with Crippen molar-refractivity contribution in [2.75, 3.05) is 20.3 Å². The summed E-state index contributed by atoms with van der Waals surface area (Å²) in [5, 5.41) is 12.2. The van der Waals surface area contributed by atoms with Crippen LogP contribution in [0.25, 0.3) is 0 Å². The van der Waals surface area contributed by atoms with Crippen LogP contribution in [-0.4, -0.2) is 25.4 Å². The minimum atomic E-state index is -0.341. The lowest BCUT2D eigenvalue weighted by Gasteiger charge is -2.18. The molecule has 0 amide bonds. The number of hydrogen-bond donors (Lipinski definition) is 2. The number of aliphatic hydroxyl groups excluding tert-OH is 1. The summed E-state index contributed by atoms with van der Waals surface area (Å²) in [6.07, 6.45) is 0.774. The van der Waals surface area contributed by atoms with Crippen LogP contribution in [0.4, 0.5) is 4.39 Å². The van der Waals surface area contributed by atoms with Gasteiger partial charge in [0.25, 0.3) is 0 Å². The third kappa shape index (κ3) is 4.27. The van der Waals surface area contributed by atoms with Gasteiger partial charge in [-0.05, 0) is 43.5 Å². The van der Waals surface area contributed by atoms with E-state index in [2.05, 4.69) is 12.2 Å². The van der Waals surface area contributed by atoms with Crippen molar-refractivity contribution < 1.29 is 14.2 Å². The molecule has 4 heteroatoms. The summed E-state index contributed by atoms with van der Waals surface area (Å²) >= 11 is 0. The second-order valence-electron chi connectivity index (χ2n) is 4.64. The molecule has 0 aromatic heterocycles. The SMILES string of the molecule is COc1ccc(C(C)NCC(C)CCO)cc1F. The highest BCUT2D eigenvalue weighted by molar-refractivity contribution is 5.30. The van der Waals surface area contributed by atoms with Gasteiger partial charge in [0.15, 0.2) is 11.6 Å². The summed E-state index contributed by atoms with van der Waals surface area (Å²) in [6.45, 7) is 5.07. The lowest BCUT2D eigenvalue weighted by molar-refractivity contribution is 0.258. The highest BCUT2D eigenvalue weighted by atomic mass is 19.1. The van der Waals surface area contributed by atoms with Crippen LogP contribution in [0.15, 0.2) is 18.2 Å². The molecule has 102 valence electrons. The van der Waals surface area contributed by atoms with Gasteiger partial charge in [-0.25, -0.2) is 4.39 Å². The molecule has 0 saturated carbocycles. The first-order valence-corrected chi connectivity index (χ1v) is 6.26. The van der Waals surface area contributed by atoms with Crippen molar-refractivity contribution in [2.45, 2.75) is 26.3 Å². The van der Waals surface area contributed by atoms with Gasteiger partial charge in [0.1, 0.15) is 0 Å². The van der Waals surface area contributed by atoms with Crippen LogP contribution in [0.5, 0.6) is 5.75 Å². The second-order valence-corrected chi connectivity index (χ2v) is 4.64. The normalized spacial score (nSPS) is 14.3. The molecule has 3 nitrogen and oxygen atoms in total. The topological polar surface area (TPSA) is 41.5 Å². The van der Waals surface area contributed by atoms with E-state index in [1.54, 1.807) is 6.07 Å². The molecular formula is C14H22FNO2. The lowest BCUT2D eigenvalue weighted by atomic mass is 10.1. The average Bonchev–Trinajstić information content (AvgIpc) is 2.36. The van der Waals surface area contributed by atoms with E-state index in [4.69, 9.17) is 9.84 Å². The lowest BCUT2D eigenvalue weighted by Crippen LogP contribution is -2.25. The minimum Gasteiger partial charge on any atom is -0.494 e. The molecule has 0 bridgehead atoms. The molecule has 1 aromatic carbocycles. The van der Waals surface area contributed by atoms with Gasteiger partial charge in [-0.15, -0.1) is 0 Å². The Morgan fingerprint density at radius 2 is 2.11 bits per heavy atom. The maximum absolute atomic E-state index is 13.5. The fraction of sp³-hybridized carbons (Fsp3) is 0.571. The molecule has 2 unspecified atom stereocenters. The predicted molar refractivity (Wildman–Crippen MR) is 70.2 cm³/mol. The number of benzene rings is 1. The zero-order valence-electron chi connectivity index (χ0n) is 11.2. The molecule has 0 saturated heterocycles. The fourth-order valence-electron chi connectivity index (χ4n) is 1.77. The predicted octanol–water partition coefficient (Wildman–Crippen LogP) is 2.50. The fourth-order valence-corrected chi connectivity index (χ4v) is 1.77. The van der Waals surface area contributed by atoms with Crippen molar-refractivity contribution in [2.24, 2.45) is 5.92 Å². The van der Waals surface area contributed by atoms with Crippen molar-refractivity contribution in [3.63, 3.8) is 0 Å². The Balaban J connectivity index is 2.56. The first-order chi connectivity index (χ1) is 8.58. The van der Waals surface area contributed by atoms with Crippen LogP contribution in [0.3, 0.4) is 0 Å². The Bertz CT molecular complexity index is 371. The van der Waals surface area contributed by atoms with E-state index in [1.807, 2.05) is 13.0 Å². The van der Waals surface area contributed by atoms with Gasteiger partial charge in [-0.1, -0.05) is 13.0 Å². The maximum Gasteiger partial charge on any atom is 0.165 e. The first kappa shape index (κ1) is 14.9. The highest BCUT2D eigenvalue weighted by Gasteiger charge is 2.10. The molecular weight excluding hydrogens is 233 g/mol. The van der Waals surface area contributed by atoms with Crippen LogP contribution in [0, 0.1) is 11.7 Å². The van der Waals surface area contributed by atoms with Crippen molar-refractivity contribution in [3.05, 3.63) is 29.6 Å². The largest absolute Gasteiger partial charge is 0.494 e. The zero-order chi connectivity index (χ0) is 13.5. The summed E-state index contributed by atoms with van der Waals surface area (Å²) < 4.78 is 18.4. The van der Waals surface area contributed by atoms with Gasteiger partial charge in [0, 0.05) is 12.6 Å². The molecule has 18 heavy (non-hydrogen) atoms. The second kappa shape index (κ2) is 7.34. The molecule has 0 heterocycles. The van der Waals surface area contributed by atoms with Crippen LogP contribution < -0.4 is 10.1 Å². The van der Waals surface area contributed by atoms with Crippen LogP contribution in [-0.2, 0) is 0 Å². The zero-order valence-corrected chi connectivity index (χ0v) is 11.2. The standard InChI is InChI=1S/C14H22FNO2/c1-10(6-7-17)9-16-11(2)12-4-5-14(18-3)13(15)8-12/h4-5,8,10-11,16-17H,6-7,9H2,1-3H3. The Morgan fingerprint density at radius 3 is 2.67 bits per heavy atom. The van der Waals surface area contributed by atoms with Crippen LogP contribution in [0.2, 0.25) is 0 Å². The van der Waals surface area contributed by atoms with Gasteiger partial charge < -0.3 is 15.2 Å². The molecule has 0 spiro atoms. The van der Waals surface area contributed by atoms with Crippen LogP contribution >= 0.6 is 0 Å². The summed E-state index contributed by atoms with van der Waals surface area (Å²) in [6, 6.07) is 5.07. The third-order valence-electron chi connectivity index (χ3n) is 3.07. The number of aliphatic hydroxyl groups is 1. The number of rotatable bonds is 7. The first-order valence-electron chi connectivity index (χ1n) is 6.26. The molecule has 0 fully saturated rings. The summed E-state index contributed by atoms with van der Waals surface area (Å²) in [5.41, 5.74) is 0.893. The van der Waals surface area contributed by atoms with Gasteiger partial charge >= 0.3 is 0 Å². The molecule has 0 radical (unpaired) electrons. The number of methoxy groups -OCH3 is 1. The van der Waals surface area contributed by atoms with E-state index in [0.29, 0.717) is 5.92 Å². The van der Waals surface area contributed by atoms with Crippen molar-refractivity contribution >= 4 is 0 Å². The van der Waals surface area contributed by atoms with Gasteiger partial charge in [0.2, 0.25) is 0 Å². The van der Waals surface area contributed by atoms with E-state index >= 15 is 0 Å². The Morgan fingerprint density at radius 1 is 1.39 bits per heavy atom. The highest BCUT2D eigenvalue weighted by Crippen LogP contribution is 2.21. The number of nitrogens with one attached hydrogen (secondary N) is 1. The number of hydrogen-bond acceptors (Lipinski definition) is 3. The quantitative estimate of drug-likeness (QED) is 0.786. The Kier molecular flexibility index (Phi) is 6.09. The van der Waals surface area contributed by atoms with E-state index in [9.17, 15) is 4.39 Å². The van der Waals surface area contributed by atoms with Gasteiger partial charge in [-0.3, -0.25) is 0 Å². The van der Waals surface area contributed by atoms with Crippen LogP contribution in [0.1, 0.15) is 31.9 Å². The Hall–Kier alpha value is -1.13. The Labute approximate surface area is 108 Å². The van der Waals surface area contributed by atoms with E-state index in [1.165, 1.54) is 13.2 Å². The molecule has 0 aliphatic heterocycles. The molecule has 1 aromatic rings. The van der Waals surface area contributed by atoms with Crippen molar-refractivity contribution in [3.8, 4) is 5.75 Å². The maximum atomic E-state index is 13.5. The van der Waals surface area contributed by atoms with E-state index in [-0.39, 0.29) is 24.2 Å². The van der Waals surface area contributed by atoms with Gasteiger partial charge in [-0.2, -0.15) is 0 Å². The smallest absolute Gasteiger partial charge is 0.165 e. The number of ether oxygens (including phenoxy) is 1. The summed E-state index contributed by atoms with van der Waals surface area (Å²) in [7, 11) is 1.45. The van der Waals surface area contributed by atoms with Crippen molar-refractivity contribution in [1.29, 1.82) is 0 Å². The third-order valence-corrected chi connectivity index (χ3v) is 3.07. The minimum absolute atomic E-state index is 0.0755. The molecule has 2 atom stereocenters.